The van der Waals surface area contributed by atoms with Gasteiger partial charge in [-0.3, -0.25) is 0 Å². The molecule has 0 spiro atoms. The Morgan fingerprint density at radius 1 is 1.40 bits per heavy atom. The molecular weight excluding hydrogens is 126 g/mol. The molecule has 0 unspecified atom stereocenters. The fraction of sp³-hybridized carbons (Fsp3) is 1.00. The molecule has 0 saturated heterocycles. The van der Waals surface area contributed by atoms with E-state index in [4.69, 9.17) is 0 Å². The van der Waals surface area contributed by atoms with Gasteiger partial charge in [0.15, 0.2) is 0 Å². The molecule has 2 saturated carbocycles. The van der Waals surface area contributed by atoms with Crippen LogP contribution in [0.3, 0.4) is 0 Å². The molecule has 2 fully saturated rings. The van der Waals surface area contributed by atoms with Crippen LogP contribution in [0.4, 0.5) is 0 Å². The van der Waals surface area contributed by atoms with Crippen molar-refractivity contribution >= 4 is 0 Å². The Bertz CT molecular complexity index is 127. The Balaban J connectivity index is 1.67. The summed E-state index contributed by atoms with van der Waals surface area (Å²) in [5.41, 5.74) is -0.317. The first kappa shape index (κ1) is 6.62. The van der Waals surface area contributed by atoms with Crippen molar-refractivity contribution < 1.29 is 5.11 Å². The van der Waals surface area contributed by atoms with Crippen molar-refractivity contribution in [2.45, 2.75) is 43.7 Å². The molecule has 0 aliphatic heterocycles. The van der Waals surface area contributed by atoms with Crippen LogP contribution in [0.2, 0.25) is 0 Å². The van der Waals surface area contributed by atoms with Crippen molar-refractivity contribution in [2.24, 2.45) is 0 Å². The quantitative estimate of drug-likeness (QED) is 0.605. The van der Waals surface area contributed by atoms with Gasteiger partial charge < -0.3 is 10.4 Å². The van der Waals surface area contributed by atoms with Crippen molar-refractivity contribution in [2.75, 3.05) is 6.54 Å². The molecule has 0 bridgehead atoms. The monoisotopic (exact) mass is 141 g/mol. The molecule has 2 heteroatoms. The first-order valence-corrected chi connectivity index (χ1v) is 4.24. The second-order valence-corrected chi connectivity index (χ2v) is 3.73. The highest BCUT2D eigenvalue weighted by Gasteiger charge is 2.35. The standard InChI is InChI=1S/C8H15NO/c10-8(4-1-5-8)6-9-7-2-3-7/h7,9-10H,1-6H2. The van der Waals surface area contributed by atoms with Crippen LogP contribution >= 0.6 is 0 Å². The Hall–Kier alpha value is -0.0800. The van der Waals surface area contributed by atoms with Gasteiger partial charge in [-0.25, -0.2) is 0 Å². The van der Waals surface area contributed by atoms with Gasteiger partial charge in [-0.2, -0.15) is 0 Å². The predicted molar refractivity (Wildman–Crippen MR) is 39.8 cm³/mol. The van der Waals surface area contributed by atoms with Gasteiger partial charge in [0.2, 0.25) is 0 Å². The van der Waals surface area contributed by atoms with Crippen molar-refractivity contribution in [3.8, 4) is 0 Å². The number of hydrogen-bond acceptors (Lipinski definition) is 2. The summed E-state index contributed by atoms with van der Waals surface area (Å²) in [6.45, 7) is 0.831. The molecule has 2 N–H and O–H groups in total. The van der Waals surface area contributed by atoms with Crippen LogP contribution in [0.5, 0.6) is 0 Å². The molecule has 2 rings (SSSR count). The molecule has 0 heterocycles. The van der Waals surface area contributed by atoms with Gasteiger partial charge in [-0.05, 0) is 32.1 Å². The van der Waals surface area contributed by atoms with Gasteiger partial charge in [0.05, 0.1) is 5.60 Å². The molecule has 0 amide bonds. The zero-order valence-corrected chi connectivity index (χ0v) is 6.27. The molecule has 2 aliphatic rings. The molecule has 58 valence electrons. The van der Waals surface area contributed by atoms with Crippen LogP contribution in [0.25, 0.3) is 0 Å². The summed E-state index contributed by atoms with van der Waals surface area (Å²) < 4.78 is 0. The van der Waals surface area contributed by atoms with E-state index in [1.807, 2.05) is 0 Å². The second-order valence-electron chi connectivity index (χ2n) is 3.73. The minimum atomic E-state index is -0.317. The maximum absolute atomic E-state index is 9.62. The topological polar surface area (TPSA) is 32.3 Å². The van der Waals surface area contributed by atoms with Gasteiger partial charge in [0, 0.05) is 12.6 Å². The Morgan fingerprint density at radius 3 is 2.50 bits per heavy atom. The van der Waals surface area contributed by atoms with Gasteiger partial charge >= 0.3 is 0 Å². The van der Waals surface area contributed by atoms with E-state index < -0.39 is 0 Å². The first-order chi connectivity index (χ1) is 4.79. The summed E-state index contributed by atoms with van der Waals surface area (Å²) >= 11 is 0. The van der Waals surface area contributed by atoms with E-state index in [0.717, 1.165) is 25.4 Å². The lowest BCUT2D eigenvalue weighted by atomic mass is 9.80. The molecule has 0 atom stereocenters. The summed E-state index contributed by atoms with van der Waals surface area (Å²) in [7, 11) is 0. The lowest BCUT2D eigenvalue weighted by Crippen LogP contribution is -2.46. The average molecular weight is 141 g/mol. The van der Waals surface area contributed by atoms with Gasteiger partial charge in [0.1, 0.15) is 0 Å². The van der Waals surface area contributed by atoms with Crippen molar-refractivity contribution in [1.29, 1.82) is 0 Å². The van der Waals surface area contributed by atoms with Crippen LogP contribution in [0, 0.1) is 0 Å². The van der Waals surface area contributed by atoms with Crippen molar-refractivity contribution in [1.82, 2.24) is 5.32 Å². The minimum Gasteiger partial charge on any atom is -0.389 e. The molecule has 0 aromatic heterocycles. The maximum atomic E-state index is 9.62. The van der Waals surface area contributed by atoms with Gasteiger partial charge in [-0.1, -0.05) is 0 Å². The summed E-state index contributed by atoms with van der Waals surface area (Å²) in [6.07, 6.45) is 5.86. The molecule has 2 nitrogen and oxygen atoms in total. The van der Waals surface area contributed by atoms with E-state index >= 15 is 0 Å². The molecule has 2 aliphatic carbocycles. The number of rotatable bonds is 3. The number of aliphatic hydroxyl groups is 1. The summed E-state index contributed by atoms with van der Waals surface area (Å²) in [5.74, 6) is 0. The van der Waals surface area contributed by atoms with Gasteiger partial charge in [-0.15, -0.1) is 0 Å². The van der Waals surface area contributed by atoms with E-state index in [2.05, 4.69) is 5.32 Å². The fourth-order valence-corrected chi connectivity index (χ4v) is 1.38. The third kappa shape index (κ3) is 1.32. The molecule has 10 heavy (non-hydrogen) atoms. The zero-order chi connectivity index (χ0) is 7.03. The third-order valence-electron chi connectivity index (χ3n) is 2.58. The predicted octanol–water partition coefficient (Wildman–Crippen LogP) is 0.653. The summed E-state index contributed by atoms with van der Waals surface area (Å²) in [4.78, 5) is 0. The van der Waals surface area contributed by atoms with E-state index in [1.54, 1.807) is 0 Å². The van der Waals surface area contributed by atoms with Crippen LogP contribution in [-0.4, -0.2) is 23.3 Å². The average Bonchev–Trinajstić information content (AvgIpc) is 2.61. The highest BCUT2D eigenvalue weighted by atomic mass is 16.3. The van der Waals surface area contributed by atoms with E-state index in [1.165, 1.54) is 19.3 Å². The minimum absolute atomic E-state index is 0.317. The molecule has 0 aromatic carbocycles. The van der Waals surface area contributed by atoms with E-state index in [-0.39, 0.29) is 5.60 Å². The Kier molecular flexibility index (Phi) is 1.46. The lowest BCUT2D eigenvalue weighted by Gasteiger charge is -2.36. The van der Waals surface area contributed by atoms with Crippen LogP contribution in [0.1, 0.15) is 32.1 Å². The summed E-state index contributed by atoms with van der Waals surface area (Å²) in [5, 5.41) is 13.0. The second kappa shape index (κ2) is 2.21. The normalized spacial score (nSPS) is 29.7. The van der Waals surface area contributed by atoms with Crippen LogP contribution in [-0.2, 0) is 0 Å². The highest BCUT2D eigenvalue weighted by Crippen LogP contribution is 2.31. The smallest absolute Gasteiger partial charge is 0.0771 e. The summed E-state index contributed by atoms with van der Waals surface area (Å²) in [6, 6.07) is 0.740. The highest BCUT2D eigenvalue weighted by molar-refractivity contribution is 4.92. The van der Waals surface area contributed by atoms with Crippen LogP contribution in [0.15, 0.2) is 0 Å². The lowest BCUT2D eigenvalue weighted by molar-refractivity contribution is -0.0315. The van der Waals surface area contributed by atoms with E-state index in [0.29, 0.717) is 0 Å². The first-order valence-electron chi connectivity index (χ1n) is 4.24. The van der Waals surface area contributed by atoms with E-state index in [9.17, 15) is 5.11 Å². The molecule has 0 aromatic rings. The van der Waals surface area contributed by atoms with Crippen LogP contribution < -0.4 is 5.32 Å². The van der Waals surface area contributed by atoms with Gasteiger partial charge in [0.25, 0.3) is 0 Å². The fourth-order valence-electron chi connectivity index (χ4n) is 1.38. The Labute approximate surface area is 61.6 Å². The number of hydrogen-bond donors (Lipinski definition) is 2. The SMILES string of the molecule is OC1(CNC2CC2)CCC1. The van der Waals surface area contributed by atoms with Crippen molar-refractivity contribution in [3.05, 3.63) is 0 Å². The Morgan fingerprint density at radius 2 is 2.10 bits per heavy atom. The molecule has 0 radical (unpaired) electrons. The third-order valence-corrected chi connectivity index (χ3v) is 2.58. The largest absolute Gasteiger partial charge is 0.389 e. The maximum Gasteiger partial charge on any atom is 0.0771 e. The molecular formula is C8H15NO. The zero-order valence-electron chi connectivity index (χ0n) is 6.27. The van der Waals surface area contributed by atoms with Crippen molar-refractivity contribution in [3.63, 3.8) is 0 Å². The number of nitrogens with one attached hydrogen (secondary N) is 1.